The van der Waals surface area contributed by atoms with E-state index in [2.05, 4.69) is 0 Å². The van der Waals surface area contributed by atoms with Gasteiger partial charge in [-0.2, -0.15) is 0 Å². The van der Waals surface area contributed by atoms with E-state index in [0.717, 1.165) is 16.3 Å². The van der Waals surface area contributed by atoms with Crippen molar-refractivity contribution in [3.8, 4) is 0 Å². The average molecular weight is 465 g/mol. The van der Waals surface area contributed by atoms with E-state index in [9.17, 15) is 19.7 Å². The number of nitro groups is 1. The molecule has 172 valence electrons. The average Bonchev–Trinajstić information content (AvgIpc) is 3.40. The largest absolute Gasteiger partial charge is 0.273 e. The molecular weight excluding hydrogens is 446 g/mol. The normalized spacial score (nSPS) is 21.5. The van der Waals surface area contributed by atoms with E-state index in [1.165, 1.54) is 22.1 Å². The topological polar surface area (TPSA) is 93.0 Å². The number of carbonyl (C=O) groups is 2. The predicted octanol–water partition coefficient (Wildman–Crippen LogP) is 4.80. The van der Waals surface area contributed by atoms with Crippen LogP contribution in [0, 0.1) is 16.0 Å². The highest BCUT2D eigenvalue weighted by Gasteiger charge is 2.60. The van der Waals surface area contributed by atoms with Crippen LogP contribution in [-0.4, -0.2) is 22.8 Å². The number of carbonyl (C=O) groups excluding carboxylic acids is 2. The number of non-ortho nitro benzene ring substituents is 1. The summed E-state index contributed by atoms with van der Waals surface area (Å²) >= 11 is 0. The second kappa shape index (κ2) is 8.03. The Morgan fingerprint density at radius 2 is 1.51 bits per heavy atom. The van der Waals surface area contributed by atoms with Crippen LogP contribution in [0.3, 0.4) is 0 Å². The number of rotatable bonds is 4. The van der Waals surface area contributed by atoms with Gasteiger partial charge in [-0.15, -0.1) is 0 Å². The van der Waals surface area contributed by atoms with E-state index in [-0.39, 0.29) is 11.6 Å². The molecule has 8 heteroatoms. The van der Waals surface area contributed by atoms with Crippen LogP contribution in [-0.2, 0) is 14.4 Å². The molecule has 0 aromatic heterocycles. The molecule has 2 aliphatic rings. The van der Waals surface area contributed by atoms with Gasteiger partial charge in [0.05, 0.1) is 22.3 Å². The van der Waals surface area contributed by atoms with Gasteiger partial charge in [-0.3, -0.25) is 24.5 Å². The van der Waals surface area contributed by atoms with Gasteiger partial charge in [-0.05, 0) is 23.1 Å². The molecule has 2 amide bonds. The van der Waals surface area contributed by atoms with Crippen molar-refractivity contribution in [3.63, 3.8) is 0 Å². The summed E-state index contributed by atoms with van der Waals surface area (Å²) in [6.45, 7) is 0. The Bertz CT molecular complexity index is 1480. The first kappa shape index (κ1) is 21.0. The van der Waals surface area contributed by atoms with Crippen LogP contribution in [0.15, 0.2) is 97.1 Å². The Hall–Kier alpha value is -4.56. The molecule has 35 heavy (non-hydrogen) atoms. The molecule has 0 saturated carbocycles. The molecule has 0 N–H and O–H groups in total. The van der Waals surface area contributed by atoms with Gasteiger partial charge in [0.1, 0.15) is 5.92 Å². The van der Waals surface area contributed by atoms with Gasteiger partial charge >= 0.3 is 0 Å². The lowest BCUT2D eigenvalue weighted by atomic mass is 9.90. The van der Waals surface area contributed by atoms with Crippen LogP contribution in [0.5, 0.6) is 0 Å². The Labute approximate surface area is 200 Å². The maximum absolute atomic E-state index is 13.9. The molecule has 4 aromatic rings. The summed E-state index contributed by atoms with van der Waals surface area (Å²) in [6, 6.07) is 27.7. The summed E-state index contributed by atoms with van der Waals surface area (Å²) < 4.78 is 0. The van der Waals surface area contributed by atoms with E-state index in [1.54, 1.807) is 18.2 Å². The van der Waals surface area contributed by atoms with Gasteiger partial charge in [0.15, 0.2) is 6.10 Å². The Kier molecular flexibility index (Phi) is 4.82. The quantitative estimate of drug-likeness (QED) is 0.244. The molecule has 6 rings (SSSR count). The standard InChI is InChI=1S/C27H19N3O5/c31-26-23-24(18-9-2-1-3-10-18)29(19-12-7-13-20(16-19)30(33)34)35-25(23)27(32)28(26)22-15-6-11-17-8-4-5-14-21(17)22/h1-16,23-25H/t23-,24-,25-/m0/s1. The third-order valence-corrected chi connectivity index (χ3v) is 6.56. The molecule has 8 nitrogen and oxygen atoms in total. The lowest BCUT2D eigenvalue weighted by molar-refractivity contribution is -0.384. The van der Waals surface area contributed by atoms with Crippen molar-refractivity contribution < 1.29 is 19.3 Å². The van der Waals surface area contributed by atoms with Crippen LogP contribution in [0.25, 0.3) is 10.8 Å². The highest BCUT2D eigenvalue weighted by atomic mass is 16.7. The molecule has 0 spiro atoms. The van der Waals surface area contributed by atoms with Crippen molar-refractivity contribution in [1.82, 2.24) is 0 Å². The Morgan fingerprint density at radius 1 is 0.800 bits per heavy atom. The van der Waals surface area contributed by atoms with E-state index in [4.69, 9.17) is 4.84 Å². The van der Waals surface area contributed by atoms with Crippen molar-refractivity contribution in [2.75, 3.05) is 9.96 Å². The van der Waals surface area contributed by atoms with Gasteiger partial charge in [-0.1, -0.05) is 72.8 Å². The van der Waals surface area contributed by atoms with Crippen molar-refractivity contribution >= 4 is 39.6 Å². The number of imide groups is 1. The minimum absolute atomic E-state index is 0.106. The summed E-state index contributed by atoms with van der Waals surface area (Å²) in [5.41, 5.74) is 1.59. The second-order valence-electron chi connectivity index (χ2n) is 8.52. The number of anilines is 2. The Morgan fingerprint density at radius 3 is 2.31 bits per heavy atom. The number of amides is 2. The minimum atomic E-state index is -1.05. The van der Waals surface area contributed by atoms with Gasteiger partial charge in [0.2, 0.25) is 5.91 Å². The van der Waals surface area contributed by atoms with E-state index < -0.39 is 28.9 Å². The van der Waals surface area contributed by atoms with Crippen LogP contribution in [0.1, 0.15) is 11.6 Å². The molecule has 2 heterocycles. The summed E-state index contributed by atoms with van der Waals surface area (Å²) in [6.07, 6.45) is -1.05. The van der Waals surface area contributed by atoms with Crippen molar-refractivity contribution in [2.24, 2.45) is 5.92 Å². The van der Waals surface area contributed by atoms with Gasteiger partial charge in [-0.25, -0.2) is 9.96 Å². The molecule has 0 bridgehead atoms. The maximum Gasteiger partial charge on any atom is 0.271 e. The lowest BCUT2D eigenvalue weighted by Gasteiger charge is -2.28. The fraction of sp³-hybridized carbons (Fsp3) is 0.111. The smallest absolute Gasteiger partial charge is 0.271 e. The predicted molar refractivity (Wildman–Crippen MR) is 130 cm³/mol. The molecule has 0 unspecified atom stereocenters. The zero-order valence-electron chi connectivity index (χ0n) is 18.4. The highest BCUT2D eigenvalue weighted by Crippen LogP contribution is 2.48. The second-order valence-corrected chi connectivity index (χ2v) is 8.52. The molecule has 0 aliphatic carbocycles. The molecule has 2 saturated heterocycles. The highest BCUT2D eigenvalue weighted by molar-refractivity contribution is 6.26. The lowest BCUT2D eigenvalue weighted by Crippen LogP contribution is -2.37. The van der Waals surface area contributed by atoms with Crippen LogP contribution >= 0.6 is 0 Å². The van der Waals surface area contributed by atoms with Gasteiger partial charge in [0.25, 0.3) is 11.6 Å². The SMILES string of the molecule is O=C1[C@@H]2[C@H](ON(c3cccc([N+](=O)[O-])c3)[C@H]2c2ccccc2)C(=O)N1c1cccc2ccccc12. The van der Waals surface area contributed by atoms with Crippen molar-refractivity contribution in [3.05, 3.63) is 113 Å². The first-order valence-electron chi connectivity index (χ1n) is 11.2. The molecule has 3 atom stereocenters. The van der Waals surface area contributed by atoms with Crippen LogP contribution in [0.4, 0.5) is 17.1 Å². The van der Waals surface area contributed by atoms with Gasteiger partial charge < -0.3 is 0 Å². The monoisotopic (exact) mass is 465 g/mol. The fourth-order valence-corrected chi connectivity index (χ4v) is 5.01. The minimum Gasteiger partial charge on any atom is -0.273 e. The van der Waals surface area contributed by atoms with E-state index in [0.29, 0.717) is 11.4 Å². The molecule has 2 aliphatic heterocycles. The number of fused-ring (bicyclic) bond motifs is 2. The third kappa shape index (κ3) is 3.26. The Balaban J connectivity index is 1.46. The molecular formula is C27H19N3O5. The number of hydrogen-bond acceptors (Lipinski definition) is 6. The van der Waals surface area contributed by atoms with E-state index in [1.807, 2.05) is 66.7 Å². The summed E-state index contributed by atoms with van der Waals surface area (Å²) in [5, 5.41) is 14.5. The number of benzene rings is 4. The summed E-state index contributed by atoms with van der Waals surface area (Å²) in [7, 11) is 0. The first-order chi connectivity index (χ1) is 17.0. The van der Waals surface area contributed by atoms with Crippen molar-refractivity contribution in [1.29, 1.82) is 0 Å². The number of nitro benzene ring substituents is 1. The zero-order chi connectivity index (χ0) is 24.1. The zero-order valence-corrected chi connectivity index (χ0v) is 18.4. The number of hydroxylamine groups is 1. The fourth-order valence-electron chi connectivity index (χ4n) is 5.01. The molecule has 0 radical (unpaired) electrons. The maximum atomic E-state index is 13.9. The number of nitrogens with zero attached hydrogens (tertiary/aromatic N) is 3. The first-order valence-corrected chi connectivity index (χ1v) is 11.2. The van der Waals surface area contributed by atoms with E-state index >= 15 is 0 Å². The summed E-state index contributed by atoms with van der Waals surface area (Å²) in [4.78, 5) is 45.7. The van der Waals surface area contributed by atoms with Crippen LogP contribution in [0.2, 0.25) is 0 Å². The summed E-state index contributed by atoms with van der Waals surface area (Å²) in [5.74, 6) is -1.63. The number of hydrogen-bond donors (Lipinski definition) is 0. The van der Waals surface area contributed by atoms with Crippen molar-refractivity contribution in [2.45, 2.75) is 12.1 Å². The molecule has 4 aromatic carbocycles. The van der Waals surface area contributed by atoms with Gasteiger partial charge in [0, 0.05) is 17.5 Å². The molecule has 2 fully saturated rings. The van der Waals surface area contributed by atoms with Crippen LogP contribution < -0.4 is 9.96 Å². The third-order valence-electron chi connectivity index (χ3n) is 6.56.